The number of halogens is 1. The minimum atomic E-state index is -0.274. The highest BCUT2D eigenvalue weighted by Gasteiger charge is 2.22. The third-order valence-electron chi connectivity index (χ3n) is 4.43. The van der Waals surface area contributed by atoms with Crippen LogP contribution in [0.4, 0.5) is 4.39 Å². The van der Waals surface area contributed by atoms with Gasteiger partial charge in [0.05, 0.1) is 6.61 Å². The van der Waals surface area contributed by atoms with Crippen molar-refractivity contribution in [3.63, 3.8) is 0 Å². The van der Waals surface area contributed by atoms with Crippen LogP contribution in [0.2, 0.25) is 0 Å². The van der Waals surface area contributed by atoms with E-state index in [2.05, 4.69) is 5.32 Å². The van der Waals surface area contributed by atoms with E-state index in [9.17, 15) is 9.18 Å². The number of hydrogen-bond acceptors (Lipinski definition) is 3. The van der Waals surface area contributed by atoms with Crippen LogP contribution in [0.25, 0.3) is 0 Å². The van der Waals surface area contributed by atoms with Gasteiger partial charge in [-0.3, -0.25) is 4.79 Å². The number of nitrogens with one attached hydrogen (secondary N) is 1. The van der Waals surface area contributed by atoms with Crippen LogP contribution in [0, 0.1) is 5.82 Å². The Morgan fingerprint density at radius 3 is 2.88 bits per heavy atom. The van der Waals surface area contributed by atoms with Crippen LogP contribution < -0.4 is 14.8 Å². The third kappa shape index (κ3) is 4.34. The Labute approximate surface area is 153 Å². The number of rotatable bonds is 7. The first-order chi connectivity index (χ1) is 12.6. The minimum absolute atomic E-state index is 0.120. The summed E-state index contributed by atoms with van der Waals surface area (Å²) in [5.41, 5.74) is 2.58. The van der Waals surface area contributed by atoms with E-state index in [1.165, 1.54) is 6.07 Å². The fraction of sp³-hybridized carbons (Fsp3) is 0.381. The fourth-order valence-electron chi connectivity index (χ4n) is 3.14. The molecular weight excluding hydrogens is 333 g/mol. The monoisotopic (exact) mass is 357 g/mol. The van der Waals surface area contributed by atoms with Crippen molar-refractivity contribution < 1.29 is 18.7 Å². The van der Waals surface area contributed by atoms with Crippen LogP contribution in [-0.4, -0.2) is 18.6 Å². The Balaban J connectivity index is 1.61. The largest absolute Gasteiger partial charge is 0.494 e. The van der Waals surface area contributed by atoms with Gasteiger partial charge < -0.3 is 14.8 Å². The fourth-order valence-corrected chi connectivity index (χ4v) is 3.14. The molecule has 0 saturated heterocycles. The number of amides is 1. The van der Waals surface area contributed by atoms with Crippen LogP contribution in [0.1, 0.15) is 37.0 Å². The minimum Gasteiger partial charge on any atom is -0.494 e. The second-order valence-electron chi connectivity index (χ2n) is 6.50. The Bertz CT molecular complexity index is 791. The summed E-state index contributed by atoms with van der Waals surface area (Å²) in [5, 5.41) is 2.89. The molecule has 1 N–H and O–H groups in total. The zero-order valence-corrected chi connectivity index (χ0v) is 15.2. The number of aryl methyl sites for hydroxylation is 1. The van der Waals surface area contributed by atoms with Gasteiger partial charge in [-0.25, -0.2) is 4.39 Å². The van der Waals surface area contributed by atoms with Crippen molar-refractivity contribution in [2.24, 2.45) is 0 Å². The van der Waals surface area contributed by atoms with Gasteiger partial charge in [-0.2, -0.15) is 0 Å². The molecular formula is C21H24FNO3. The van der Waals surface area contributed by atoms with Gasteiger partial charge in [-0.1, -0.05) is 18.2 Å². The van der Waals surface area contributed by atoms with E-state index in [0.717, 1.165) is 29.0 Å². The smallest absolute Gasteiger partial charge is 0.220 e. The SMILES string of the molecule is CCOc1cc2c(cc1CNC(=O)CCc1ccccc1F)O[C@@H](C)C2. The molecule has 0 bridgehead atoms. The highest BCUT2D eigenvalue weighted by atomic mass is 19.1. The van der Waals surface area contributed by atoms with Crippen molar-refractivity contribution >= 4 is 5.91 Å². The molecule has 0 radical (unpaired) electrons. The predicted molar refractivity (Wildman–Crippen MR) is 98.0 cm³/mol. The molecule has 138 valence electrons. The van der Waals surface area contributed by atoms with E-state index in [0.29, 0.717) is 25.1 Å². The van der Waals surface area contributed by atoms with Crippen molar-refractivity contribution in [1.82, 2.24) is 5.32 Å². The Morgan fingerprint density at radius 1 is 1.31 bits per heavy atom. The lowest BCUT2D eigenvalue weighted by Gasteiger charge is -2.13. The summed E-state index contributed by atoms with van der Waals surface area (Å²) < 4.78 is 25.1. The first kappa shape index (κ1) is 18.2. The first-order valence-corrected chi connectivity index (χ1v) is 9.02. The molecule has 1 aliphatic rings. The van der Waals surface area contributed by atoms with Gasteiger partial charge in [-0.05, 0) is 44.0 Å². The molecule has 2 aromatic carbocycles. The molecule has 1 heterocycles. The van der Waals surface area contributed by atoms with E-state index >= 15 is 0 Å². The van der Waals surface area contributed by atoms with Crippen LogP contribution >= 0.6 is 0 Å². The molecule has 2 aromatic rings. The summed E-state index contributed by atoms with van der Waals surface area (Å²) in [7, 11) is 0. The standard InChI is InChI=1S/C21H24FNO3/c1-3-25-19-11-16-10-14(2)26-20(16)12-17(19)13-23-21(24)9-8-15-6-4-5-7-18(15)22/h4-7,11-12,14H,3,8-10,13H2,1-2H3,(H,23,24)/t14-/m0/s1. The van der Waals surface area contributed by atoms with E-state index in [4.69, 9.17) is 9.47 Å². The molecule has 1 atom stereocenters. The van der Waals surface area contributed by atoms with Crippen molar-refractivity contribution in [2.45, 2.75) is 45.8 Å². The van der Waals surface area contributed by atoms with Crippen LogP contribution in [0.5, 0.6) is 11.5 Å². The summed E-state index contributed by atoms with van der Waals surface area (Å²) in [6.07, 6.45) is 1.64. The van der Waals surface area contributed by atoms with Crippen LogP contribution in [0.3, 0.4) is 0 Å². The van der Waals surface area contributed by atoms with Crippen LogP contribution in [-0.2, 0) is 24.2 Å². The second-order valence-corrected chi connectivity index (χ2v) is 6.50. The lowest BCUT2D eigenvalue weighted by molar-refractivity contribution is -0.121. The Hall–Kier alpha value is -2.56. The van der Waals surface area contributed by atoms with E-state index in [1.807, 2.05) is 26.0 Å². The summed E-state index contributed by atoms with van der Waals surface area (Å²) >= 11 is 0. The average Bonchev–Trinajstić information content (AvgIpc) is 2.98. The molecule has 0 saturated carbocycles. The van der Waals surface area contributed by atoms with E-state index < -0.39 is 0 Å². The molecule has 0 unspecified atom stereocenters. The van der Waals surface area contributed by atoms with Crippen molar-refractivity contribution in [3.05, 3.63) is 58.9 Å². The molecule has 26 heavy (non-hydrogen) atoms. The molecule has 1 aliphatic heterocycles. The quantitative estimate of drug-likeness (QED) is 0.820. The summed E-state index contributed by atoms with van der Waals surface area (Å²) in [5.74, 6) is 1.24. The maximum absolute atomic E-state index is 13.6. The summed E-state index contributed by atoms with van der Waals surface area (Å²) in [6, 6.07) is 10.5. The van der Waals surface area contributed by atoms with Crippen LogP contribution in [0.15, 0.2) is 36.4 Å². The molecule has 0 aliphatic carbocycles. The van der Waals surface area contributed by atoms with Gasteiger partial charge >= 0.3 is 0 Å². The molecule has 0 aromatic heterocycles. The number of carbonyl (C=O) groups excluding carboxylic acids is 1. The third-order valence-corrected chi connectivity index (χ3v) is 4.43. The van der Waals surface area contributed by atoms with Gasteiger partial charge in [0, 0.05) is 30.5 Å². The van der Waals surface area contributed by atoms with Crippen molar-refractivity contribution in [1.29, 1.82) is 0 Å². The van der Waals surface area contributed by atoms with Gasteiger partial charge in [0.1, 0.15) is 23.4 Å². The second kappa shape index (κ2) is 8.21. The Kier molecular flexibility index (Phi) is 5.76. The number of benzene rings is 2. The number of carbonyl (C=O) groups is 1. The maximum Gasteiger partial charge on any atom is 0.220 e. The van der Waals surface area contributed by atoms with Gasteiger partial charge in [0.25, 0.3) is 0 Å². The maximum atomic E-state index is 13.6. The predicted octanol–water partition coefficient (Wildman–Crippen LogP) is 3.80. The molecule has 0 spiro atoms. The van der Waals surface area contributed by atoms with Gasteiger partial charge in [0.2, 0.25) is 5.91 Å². The summed E-state index contributed by atoms with van der Waals surface area (Å²) in [6.45, 7) is 4.88. The molecule has 1 amide bonds. The zero-order chi connectivity index (χ0) is 18.5. The normalized spacial score (nSPS) is 15.3. The van der Waals surface area contributed by atoms with Crippen molar-refractivity contribution in [2.75, 3.05) is 6.61 Å². The highest BCUT2D eigenvalue weighted by molar-refractivity contribution is 5.76. The lowest BCUT2D eigenvalue weighted by Crippen LogP contribution is -2.23. The van der Waals surface area contributed by atoms with Crippen molar-refractivity contribution in [3.8, 4) is 11.5 Å². The van der Waals surface area contributed by atoms with Gasteiger partial charge in [0.15, 0.2) is 0 Å². The van der Waals surface area contributed by atoms with E-state index in [-0.39, 0.29) is 24.2 Å². The first-order valence-electron chi connectivity index (χ1n) is 9.02. The number of hydrogen-bond donors (Lipinski definition) is 1. The zero-order valence-electron chi connectivity index (χ0n) is 15.2. The Morgan fingerprint density at radius 2 is 2.12 bits per heavy atom. The summed E-state index contributed by atoms with van der Waals surface area (Å²) in [4.78, 5) is 12.2. The van der Waals surface area contributed by atoms with E-state index in [1.54, 1.807) is 18.2 Å². The molecule has 4 nitrogen and oxygen atoms in total. The molecule has 5 heteroatoms. The molecule has 3 rings (SSSR count). The number of ether oxygens (including phenoxy) is 2. The highest BCUT2D eigenvalue weighted by Crippen LogP contribution is 2.35. The van der Waals surface area contributed by atoms with Gasteiger partial charge in [-0.15, -0.1) is 0 Å². The molecule has 0 fully saturated rings. The lowest BCUT2D eigenvalue weighted by atomic mass is 10.1. The number of fused-ring (bicyclic) bond motifs is 1. The average molecular weight is 357 g/mol. The topological polar surface area (TPSA) is 47.6 Å².